The van der Waals surface area contributed by atoms with Gasteiger partial charge in [-0.1, -0.05) is 58.3 Å². The number of rotatable bonds is 15. The third-order valence-electron chi connectivity index (χ3n) is 3.88. The molecule has 1 N–H and O–H groups in total. The van der Waals surface area contributed by atoms with Gasteiger partial charge in [-0.25, -0.2) is 0 Å². The first kappa shape index (κ1) is 21.9. The van der Waals surface area contributed by atoms with Crippen LogP contribution in [0.4, 0.5) is 0 Å². The van der Waals surface area contributed by atoms with Gasteiger partial charge in [0.25, 0.3) is 0 Å². The van der Waals surface area contributed by atoms with Crippen LogP contribution >= 0.6 is 0 Å². The maximum atomic E-state index is 12.1. The molecule has 0 saturated carbocycles. The first-order chi connectivity index (χ1) is 11.1. The molecule has 0 rings (SSSR count). The van der Waals surface area contributed by atoms with Gasteiger partial charge in [0, 0.05) is 19.9 Å². The highest BCUT2D eigenvalue weighted by molar-refractivity contribution is 5.76. The summed E-state index contributed by atoms with van der Waals surface area (Å²) in [7, 11) is 0. The number of ether oxygens (including phenoxy) is 1. The molecular formula is C18H35NO4. The summed E-state index contributed by atoms with van der Waals surface area (Å²) >= 11 is 0. The van der Waals surface area contributed by atoms with Crippen LogP contribution in [0.25, 0.3) is 0 Å². The minimum atomic E-state index is -0.347. The molecule has 0 heterocycles. The lowest BCUT2D eigenvalue weighted by atomic mass is 10.1. The van der Waals surface area contributed by atoms with Crippen molar-refractivity contribution in [2.75, 3.05) is 26.3 Å². The van der Waals surface area contributed by atoms with Crippen LogP contribution in [-0.4, -0.2) is 48.2 Å². The van der Waals surface area contributed by atoms with Gasteiger partial charge in [0.05, 0.1) is 13.2 Å². The lowest BCUT2D eigenvalue weighted by molar-refractivity contribution is -0.143. The number of unbranched alkanes of at least 4 members (excludes halogenated alkanes) is 8. The van der Waals surface area contributed by atoms with E-state index in [1.807, 2.05) is 0 Å². The highest BCUT2D eigenvalue weighted by Crippen LogP contribution is 2.11. The number of aliphatic hydroxyl groups is 1. The molecule has 136 valence electrons. The first-order valence-corrected chi connectivity index (χ1v) is 9.13. The van der Waals surface area contributed by atoms with E-state index in [9.17, 15) is 9.59 Å². The molecule has 0 spiro atoms. The van der Waals surface area contributed by atoms with E-state index in [0.717, 1.165) is 12.8 Å². The van der Waals surface area contributed by atoms with Crippen molar-refractivity contribution in [2.45, 2.75) is 78.1 Å². The predicted octanol–water partition coefficient (Wildman–Crippen LogP) is 3.29. The Morgan fingerprint density at radius 3 is 2.00 bits per heavy atom. The number of hydrogen-bond donors (Lipinski definition) is 1. The molecule has 1 amide bonds. The molecule has 0 radical (unpaired) electrons. The Bertz CT molecular complexity index is 307. The van der Waals surface area contributed by atoms with E-state index < -0.39 is 0 Å². The molecule has 5 heteroatoms. The summed E-state index contributed by atoms with van der Waals surface area (Å²) in [6.07, 6.45) is 11.5. The molecule has 0 aromatic carbocycles. The normalized spacial score (nSPS) is 10.6. The minimum absolute atomic E-state index is 0.0362. The van der Waals surface area contributed by atoms with Crippen molar-refractivity contribution in [3.8, 4) is 0 Å². The summed E-state index contributed by atoms with van der Waals surface area (Å²) in [6, 6.07) is 0. The van der Waals surface area contributed by atoms with Crippen LogP contribution < -0.4 is 0 Å². The van der Waals surface area contributed by atoms with Gasteiger partial charge in [-0.05, 0) is 6.42 Å². The number of carbonyl (C=O) groups is 2. The van der Waals surface area contributed by atoms with Crippen molar-refractivity contribution >= 4 is 11.9 Å². The minimum Gasteiger partial charge on any atom is -0.464 e. The number of esters is 1. The third kappa shape index (κ3) is 14.2. The largest absolute Gasteiger partial charge is 0.464 e. The highest BCUT2D eigenvalue weighted by Gasteiger charge is 2.12. The summed E-state index contributed by atoms with van der Waals surface area (Å²) in [4.78, 5) is 24.4. The predicted molar refractivity (Wildman–Crippen MR) is 92.1 cm³/mol. The molecule has 0 saturated heterocycles. The summed E-state index contributed by atoms with van der Waals surface area (Å²) in [6.45, 7) is 4.36. The number of carbonyl (C=O) groups excluding carboxylic acids is 2. The van der Waals surface area contributed by atoms with E-state index in [2.05, 4.69) is 6.92 Å². The lowest BCUT2D eigenvalue weighted by Crippen LogP contribution is -2.36. The van der Waals surface area contributed by atoms with E-state index >= 15 is 0 Å². The Hall–Kier alpha value is -1.10. The molecule has 23 heavy (non-hydrogen) atoms. The Morgan fingerprint density at radius 1 is 0.913 bits per heavy atom. The first-order valence-electron chi connectivity index (χ1n) is 9.13. The van der Waals surface area contributed by atoms with Crippen LogP contribution in [0.5, 0.6) is 0 Å². The lowest BCUT2D eigenvalue weighted by Gasteiger charge is -2.21. The summed E-state index contributed by atoms with van der Waals surface area (Å²) in [5.41, 5.74) is 0. The second-order valence-corrected chi connectivity index (χ2v) is 6.02. The molecule has 0 fully saturated rings. The molecule has 0 aliphatic carbocycles. The Morgan fingerprint density at radius 2 is 1.48 bits per heavy atom. The number of hydrogen-bond acceptors (Lipinski definition) is 4. The topological polar surface area (TPSA) is 66.8 Å². The number of nitrogens with zero attached hydrogens (tertiary/aromatic N) is 1. The number of aliphatic hydroxyl groups excluding tert-OH is 1. The zero-order valence-electron chi connectivity index (χ0n) is 15.0. The fourth-order valence-corrected chi connectivity index (χ4v) is 2.53. The van der Waals surface area contributed by atoms with Crippen molar-refractivity contribution in [3.63, 3.8) is 0 Å². The Labute approximate surface area is 141 Å². The second-order valence-electron chi connectivity index (χ2n) is 6.02. The quantitative estimate of drug-likeness (QED) is 0.370. The molecular weight excluding hydrogens is 294 g/mol. The van der Waals surface area contributed by atoms with Crippen molar-refractivity contribution in [1.82, 2.24) is 4.90 Å². The van der Waals surface area contributed by atoms with Crippen LogP contribution in [-0.2, 0) is 14.3 Å². The Balaban J connectivity index is 3.67. The Kier molecular flexibility index (Phi) is 15.0. The van der Waals surface area contributed by atoms with Crippen LogP contribution in [0, 0.1) is 0 Å². The van der Waals surface area contributed by atoms with Crippen molar-refractivity contribution in [1.29, 1.82) is 0 Å². The van der Waals surface area contributed by atoms with E-state index in [1.165, 1.54) is 51.9 Å². The zero-order valence-corrected chi connectivity index (χ0v) is 15.0. The zero-order chi connectivity index (χ0) is 17.3. The summed E-state index contributed by atoms with van der Waals surface area (Å²) in [5.74, 6) is -0.311. The van der Waals surface area contributed by atoms with Gasteiger partial charge in [0.15, 0.2) is 0 Å². The van der Waals surface area contributed by atoms with Crippen LogP contribution in [0.3, 0.4) is 0 Å². The maximum absolute atomic E-state index is 12.1. The van der Waals surface area contributed by atoms with Crippen molar-refractivity contribution in [3.05, 3.63) is 0 Å². The summed E-state index contributed by atoms with van der Waals surface area (Å²) < 4.78 is 4.85. The van der Waals surface area contributed by atoms with Gasteiger partial charge in [0.2, 0.25) is 5.91 Å². The molecule has 0 aromatic rings. The molecule has 0 aliphatic rings. The molecule has 0 aliphatic heterocycles. The molecule has 0 atom stereocenters. The highest BCUT2D eigenvalue weighted by atomic mass is 16.5. The SMILES string of the molecule is CCCCCCCCCCCC(=O)N(CCO)CCOC(C)=O. The molecule has 0 bridgehead atoms. The average Bonchev–Trinajstić information content (AvgIpc) is 2.52. The van der Waals surface area contributed by atoms with Gasteiger partial charge in [-0.15, -0.1) is 0 Å². The van der Waals surface area contributed by atoms with Gasteiger partial charge in [-0.3, -0.25) is 9.59 Å². The smallest absolute Gasteiger partial charge is 0.302 e. The van der Waals surface area contributed by atoms with Crippen molar-refractivity contribution < 1.29 is 19.4 Å². The van der Waals surface area contributed by atoms with Gasteiger partial charge >= 0.3 is 5.97 Å². The third-order valence-corrected chi connectivity index (χ3v) is 3.88. The molecule has 0 aromatic heterocycles. The summed E-state index contributed by atoms with van der Waals surface area (Å²) in [5, 5.41) is 9.02. The van der Waals surface area contributed by atoms with Crippen LogP contribution in [0.1, 0.15) is 78.1 Å². The number of amides is 1. The van der Waals surface area contributed by atoms with E-state index in [1.54, 1.807) is 4.90 Å². The van der Waals surface area contributed by atoms with Crippen molar-refractivity contribution in [2.24, 2.45) is 0 Å². The second kappa shape index (κ2) is 15.8. The van der Waals surface area contributed by atoms with Gasteiger partial charge in [0.1, 0.15) is 6.61 Å². The van der Waals surface area contributed by atoms with Crippen LogP contribution in [0.2, 0.25) is 0 Å². The van der Waals surface area contributed by atoms with E-state index in [4.69, 9.17) is 9.84 Å². The average molecular weight is 329 g/mol. The van der Waals surface area contributed by atoms with Gasteiger partial charge < -0.3 is 14.7 Å². The standard InChI is InChI=1S/C18H35NO4/c1-3-4-5-6-7-8-9-10-11-12-18(22)19(13-15-20)14-16-23-17(2)21/h20H,3-16H2,1-2H3. The maximum Gasteiger partial charge on any atom is 0.302 e. The van der Waals surface area contributed by atoms with Crippen LogP contribution in [0.15, 0.2) is 0 Å². The van der Waals surface area contributed by atoms with E-state index in [-0.39, 0.29) is 25.1 Å². The van der Waals surface area contributed by atoms with E-state index in [0.29, 0.717) is 19.5 Å². The fraction of sp³-hybridized carbons (Fsp3) is 0.889. The van der Waals surface area contributed by atoms with Gasteiger partial charge in [-0.2, -0.15) is 0 Å². The molecule has 5 nitrogen and oxygen atoms in total. The molecule has 0 unspecified atom stereocenters. The fourth-order valence-electron chi connectivity index (χ4n) is 2.53. The monoisotopic (exact) mass is 329 g/mol.